The van der Waals surface area contributed by atoms with Gasteiger partial charge in [0.25, 0.3) is 0 Å². The Kier molecular flexibility index (Phi) is 3.52. The molecule has 20 heavy (non-hydrogen) atoms. The average molecular weight is 275 g/mol. The van der Waals surface area contributed by atoms with Gasteiger partial charge in [-0.05, 0) is 24.3 Å². The number of ether oxygens (including phenoxy) is 1. The number of benzene rings is 1. The molecule has 0 bridgehead atoms. The highest BCUT2D eigenvalue weighted by Crippen LogP contribution is 2.34. The van der Waals surface area contributed by atoms with E-state index in [2.05, 4.69) is 0 Å². The van der Waals surface area contributed by atoms with Gasteiger partial charge in [0.1, 0.15) is 11.6 Å². The molecule has 1 saturated heterocycles. The highest BCUT2D eigenvalue weighted by Gasteiger charge is 2.21. The molecule has 0 aliphatic carbocycles. The molecule has 2 heterocycles. The molecule has 0 N–H and O–H groups in total. The fourth-order valence-corrected chi connectivity index (χ4v) is 2.38. The van der Waals surface area contributed by atoms with Crippen LogP contribution in [-0.4, -0.2) is 32.6 Å². The van der Waals surface area contributed by atoms with Crippen molar-refractivity contribution in [2.75, 3.05) is 31.2 Å². The van der Waals surface area contributed by atoms with Crippen LogP contribution >= 0.6 is 0 Å². The Bertz CT molecular complexity index is 617. The Morgan fingerprint density at radius 1 is 1.15 bits per heavy atom. The van der Waals surface area contributed by atoms with Crippen LogP contribution < -0.4 is 4.90 Å². The number of para-hydroxylation sites is 1. The minimum atomic E-state index is -0.298. The van der Waals surface area contributed by atoms with E-state index >= 15 is 0 Å². The fourth-order valence-electron chi connectivity index (χ4n) is 2.38. The lowest BCUT2D eigenvalue weighted by atomic mass is 10.1. The number of nitrogens with zero attached hydrogens (tertiary/aromatic N) is 1. The molecule has 0 radical (unpaired) electrons. The number of hydrogen-bond acceptors (Lipinski definition) is 4. The Labute approximate surface area is 115 Å². The second kappa shape index (κ2) is 5.46. The monoisotopic (exact) mass is 275 g/mol. The number of carbonyl (C=O) groups is 1. The van der Waals surface area contributed by atoms with Gasteiger partial charge in [0, 0.05) is 18.7 Å². The van der Waals surface area contributed by atoms with E-state index in [-0.39, 0.29) is 11.6 Å². The summed E-state index contributed by atoms with van der Waals surface area (Å²) in [6.07, 6.45) is 0.636. The van der Waals surface area contributed by atoms with Crippen LogP contribution in [0.25, 0.3) is 11.3 Å². The second-order valence-electron chi connectivity index (χ2n) is 4.56. The van der Waals surface area contributed by atoms with Gasteiger partial charge in [0.05, 0.1) is 18.9 Å². The maximum absolute atomic E-state index is 14.2. The van der Waals surface area contributed by atoms with Crippen LogP contribution in [0.2, 0.25) is 0 Å². The first-order chi connectivity index (χ1) is 9.79. The molecule has 2 aromatic rings. The summed E-state index contributed by atoms with van der Waals surface area (Å²) in [7, 11) is 0. The van der Waals surface area contributed by atoms with E-state index in [9.17, 15) is 9.18 Å². The van der Waals surface area contributed by atoms with E-state index in [1.165, 1.54) is 6.07 Å². The Balaban J connectivity index is 2.05. The molecule has 104 valence electrons. The molecular weight excluding hydrogens is 261 g/mol. The van der Waals surface area contributed by atoms with Gasteiger partial charge < -0.3 is 14.1 Å². The molecule has 1 aromatic heterocycles. The number of rotatable bonds is 3. The smallest absolute Gasteiger partial charge is 0.185 e. The molecule has 4 nitrogen and oxygen atoms in total. The number of aldehydes is 1. The van der Waals surface area contributed by atoms with Crippen molar-refractivity contribution >= 4 is 12.0 Å². The first kappa shape index (κ1) is 12.9. The molecule has 0 unspecified atom stereocenters. The number of anilines is 1. The van der Waals surface area contributed by atoms with Gasteiger partial charge in [0.2, 0.25) is 0 Å². The second-order valence-corrected chi connectivity index (χ2v) is 4.56. The average Bonchev–Trinajstić information content (AvgIpc) is 2.96. The van der Waals surface area contributed by atoms with Crippen molar-refractivity contribution in [2.24, 2.45) is 0 Å². The van der Waals surface area contributed by atoms with Gasteiger partial charge in [-0.15, -0.1) is 0 Å². The molecule has 0 atom stereocenters. The first-order valence-corrected chi connectivity index (χ1v) is 6.46. The van der Waals surface area contributed by atoms with E-state index in [1.54, 1.807) is 24.3 Å². The van der Waals surface area contributed by atoms with Gasteiger partial charge >= 0.3 is 0 Å². The number of morpholine rings is 1. The highest BCUT2D eigenvalue weighted by molar-refractivity contribution is 5.79. The van der Waals surface area contributed by atoms with Crippen LogP contribution in [-0.2, 0) is 4.74 Å². The molecule has 5 heteroatoms. The van der Waals surface area contributed by atoms with Crippen LogP contribution in [0.3, 0.4) is 0 Å². The predicted octanol–water partition coefficient (Wildman–Crippen LogP) is 2.73. The Morgan fingerprint density at radius 3 is 2.65 bits per heavy atom. The van der Waals surface area contributed by atoms with Gasteiger partial charge in [-0.3, -0.25) is 4.79 Å². The molecule has 0 amide bonds. The van der Waals surface area contributed by atoms with E-state index in [0.29, 0.717) is 49.6 Å². The van der Waals surface area contributed by atoms with E-state index in [4.69, 9.17) is 9.15 Å². The zero-order chi connectivity index (χ0) is 13.9. The molecule has 0 saturated carbocycles. The summed E-state index contributed by atoms with van der Waals surface area (Å²) < 4.78 is 24.9. The molecule has 3 rings (SSSR count). The van der Waals surface area contributed by atoms with Crippen LogP contribution in [0.15, 0.2) is 34.7 Å². The summed E-state index contributed by atoms with van der Waals surface area (Å²) in [6.45, 7) is 2.42. The standard InChI is InChI=1S/C15H14FNO3/c16-13-3-1-2-12(14-5-4-11(10-18)20-14)15(13)17-6-8-19-9-7-17/h1-5,10H,6-9H2. The largest absolute Gasteiger partial charge is 0.453 e. The zero-order valence-corrected chi connectivity index (χ0v) is 10.8. The van der Waals surface area contributed by atoms with Crippen molar-refractivity contribution in [1.82, 2.24) is 0 Å². The van der Waals surface area contributed by atoms with Crippen LogP contribution in [0, 0.1) is 5.82 Å². The third kappa shape index (κ3) is 2.32. The van der Waals surface area contributed by atoms with E-state index in [0.717, 1.165) is 0 Å². The zero-order valence-electron chi connectivity index (χ0n) is 10.8. The number of halogens is 1. The normalized spacial score (nSPS) is 15.3. The first-order valence-electron chi connectivity index (χ1n) is 6.46. The van der Waals surface area contributed by atoms with Crippen molar-refractivity contribution in [1.29, 1.82) is 0 Å². The van der Waals surface area contributed by atoms with Crippen molar-refractivity contribution < 1.29 is 18.3 Å². The fraction of sp³-hybridized carbons (Fsp3) is 0.267. The maximum atomic E-state index is 14.2. The Morgan fingerprint density at radius 2 is 1.95 bits per heavy atom. The number of carbonyl (C=O) groups excluding carboxylic acids is 1. The maximum Gasteiger partial charge on any atom is 0.185 e. The predicted molar refractivity (Wildman–Crippen MR) is 72.5 cm³/mol. The van der Waals surface area contributed by atoms with Gasteiger partial charge in [-0.1, -0.05) is 6.07 Å². The van der Waals surface area contributed by atoms with E-state index in [1.807, 2.05) is 4.90 Å². The van der Waals surface area contributed by atoms with Gasteiger partial charge in [-0.2, -0.15) is 0 Å². The number of hydrogen-bond donors (Lipinski definition) is 0. The molecular formula is C15H14FNO3. The summed E-state index contributed by atoms with van der Waals surface area (Å²) in [5.74, 6) is 0.429. The van der Waals surface area contributed by atoms with Crippen molar-refractivity contribution in [3.05, 3.63) is 41.9 Å². The molecule has 1 fully saturated rings. The lowest BCUT2D eigenvalue weighted by Gasteiger charge is -2.30. The lowest BCUT2D eigenvalue weighted by molar-refractivity contribution is 0.110. The third-order valence-electron chi connectivity index (χ3n) is 3.32. The van der Waals surface area contributed by atoms with E-state index < -0.39 is 0 Å². The summed E-state index contributed by atoms with van der Waals surface area (Å²) in [5, 5.41) is 0. The summed E-state index contributed by atoms with van der Waals surface area (Å²) in [5.41, 5.74) is 1.16. The van der Waals surface area contributed by atoms with Crippen LogP contribution in [0.4, 0.5) is 10.1 Å². The van der Waals surface area contributed by atoms with Gasteiger partial charge in [0.15, 0.2) is 12.0 Å². The van der Waals surface area contributed by atoms with Crippen molar-refractivity contribution in [3.63, 3.8) is 0 Å². The van der Waals surface area contributed by atoms with Crippen LogP contribution in [0.1, 0.15) is 10.6 Å². The highest BCUT2D eigenvalue weighted by atomic mass is 19.1. The molecule has 1 aliphatic rings. The minimum absolute atomic E-state index is 0.234. The molecule has 1 aromatic carbocycles. The Hall–Kier alpha value is -2.14. The van der Waals surface area contributed by atoms with Gasteiger partial charge in [-0.25, -0.2) is 4.39 Å². The summed E-state index contributed by atoms with van der Waals surface area (Å²) >= 11 is 0. The lowest BCUT2D eigenvalue weighted by Crippen LogP contribution is -2.37. The quantitative estimate of drug-likeness (QED) is 0.808. The topological polar surface area (TPSA) is 42.7 Å². The van der Waals surface area contributed by atoms with Crippen molar-refractivity contribution in [2.45, 2.75) is 0 Å². The third-order valence-corrected chi connectivity index (χ3v) is 3.32. The summed E-state index contributed by atoms with van der Waals surface area (Å²) in [6, 6.07) is 8.12. The summed E-state index contributed by atoms with van der Waals surface area (Å²) in [4.78, 5) is 12.7. The number of furan rings is 1. The van der Waals surface area contributed by atoms with Crippen LogP contribution in [0.5, 0.6) is 0 Å². The minimum Gasteiger partial charge on any atom is -0.453 e. The SMILES string of the molecule is O=Cc1ccc(-c2cccc(F)c2N2CCOCC2)o1. The van der Waals surface area contributed by atoms with Crippen molar-refractivity contribution in [3.8, 4) is 11.3 Å². The molecule has 0 spiro atoms. The molecule has 1 aliphatic heterocycles.